The number of halogens is 1. The van der Waals surface area contributed by atoms with Crippen molar-refractivity contribution in [3.8, 4) is 0 Å². The molecule has 0 bridgehead atoms. The van der Waals surface area contributed by atoms with E-state index in [0.717, 1.165) is 28.9 Å². The quantitative estimate of drug-likeness (QED) is 0.874. The van der Waals surface area contributed by atoms with E-state index < -0.39 is 0 Å². The highest BCUT2D eigenvalue weighted by Crippen LogP contribution is 2.18. The van der Waals surface area contributed by atoms with Crippen LogP contribution < -0.4 is 10.6 Å². The Morgan fingerprint density at radius 3 is 2.40 bits per heavy atom. The summed E-state index contributed by atoms with van der Waals surface area (Å²) in [6.45, 7) is 2.64. The van der Waals surface area contributed by atoms with Crippen LogP contribution in [0.4, 0.5) is 10.1 Å². The van der Waals surface area contributed by atoms with Crippen molar-refractivity contribution in [1.82, 2.24) is 0 Å². The zero-order valence-electron chi connectivity index (χ0n) is 11.6. The van der Waals surface area contributed by atoms with Gasteiger partial charge in [0.2, 0.25) is 0 Å². The van der Waals surface area contributed by atoms with E-state index in [2.05, 4.69) is 4.90 Å². The van der Waals surface area contributed by atoms with Crippen molar-refractivity contribution in [2.45, 2.75) is 13.5 Å². The molecule has 0 saturated heterocycles. The Kier molecular flexibility index (Phi) is 4.35. The lowest BCUT2D eigenvalue weighted by atomic mass is 10.1. The molecule has 0 saturated carbocycles. The molecule has 104 valence electrons. The highest BCUT2D eigenvalue weighted by atomic mass is 32.1. The zero-order valence-corrected chi connectivity index (χ0v) is 12.4. The number of thiocarbonyl (C=S) groups is 1. The van der Waals surface area contributed by atoms with Crippen molar-refractivity contribution in [3.05, 3.63) is 65.0 Å². The van der Waals surface area contributed by atoms with Gasteiger partial charge in [-0.1, -0.05) is 18.3 Å². The number of hydrogen-bond acceptors (Lipinski definition) is 2. The molecule has 2 nitrogen and oxygen atoms in total. The summed E-state index contributed by atoms with van der Waals surface area (Å²) in [6, 6.07) is 12.6. The van der Waals surface area contributed by atoms with Gasteiger partial charge >= 0.3 is 0 Å². The number of nitrogens with two attached hydrogens (primary N) is 1. The van der Waals surface area contributed by atoms with E-state index >= 15 is 0 Å². The molecule has 2 rings (SSSR count). The summed E-state index contributed by atoms with van der Waals surface area (Å²) in [5.74, 6) is -0.199. The average molecular weight is 288 g/mol. The van der Waals surface area contributed by atoms with Gasteiger partial charge in [0, 0.05) is 24.8 Å². The van der Waals surface area contributed by atoms with Gasteiger partial charge in [0.25, 0.3) is 0 Å². The molecule has 0 radical (unpaired) electrons. The van der Waals surface area contributed by atoms with Crippen molar-refractivity contribution in [3.63, 3.8) is 0 Å². The van der Waals surface area contributed by atoms with Crippen LogP contribution >= 0.6 is 12.2 Å². The van der Waals surface area contributed by atoms with Crippen LogP contribution in [0.5, 0.6) is 0 Å². The summed E-state index contributed by atoms with van der Waals surface area (Å²) < 4.78 is 13.1. The van der Waals surface area contributed by atoms with Gasteiger partial charge in [-0.25, -0.2) is 4.39 Å². The molecule has 2 aromatic carbocycles. The second-order valence-corrected chi connectivity index (χ2v) is 5.28. The minimum Gasteiger partial charge on any atom is -0.389 e. The van der Waals surface area contributed by atoms with E-state index in [9.17, 15) is 4.39 Å². The van der Waals surface area contributed by atoms with Gasteiger partial charge in [-0.2, -0.15) is 0 Å². The van der Waals surface area contributed by atoms with Crippen molar-refractivity contribution < 1.29 is 4.39 Å². The summed E-state index contributed by atoms with van der Waals surface area (Å²) in [4.78, 5) is 2.50. The van der Waals surface area contributed by atoms with Crippen LogP contribution in [-0.2, 0) is 6.54 Å². The Balaban J connectivity index is 2.15. The van der Waals surface area contributed by atoms with Crippen LogP contribution in [0.25, 0.3) is 0 Å². The van der Waals surface area contributed by atoms with Gasteiger partial charge in [0.1, 0.15) is 10.8 Å². The molecule has 0 spiro atoms. The average Bonchev–Trinajstić information content (AvgIpc) is 2.42. The van der Waals surface area contributed by atoms with E-state index in [1.807, 2.05) is 44.3 Å². The van der Waals surface area contributed by atoms with Crippen LogP contribution in [0.15, 0.2) is 42.5 Å². The Morgan fingerprint density at radius 2 is 1.85 bits per heavy atom. The highest BCUT2D eigenvalue weighted by molar-refractivity contribution is 7.80. The van der Waals surface area contributed by atoms with Crippen molar-refractivity contribution in [1.29, 1.82) is 0 Å². The molecular weight excluding hydrogens is 271 g/mol. The number of rotatable bonds is 4. The number of hydrogen-bond donors (Lipinski definition) is 1. The standard InChI is InChI=1S/C16H17FN2S/c1-11-9-14(17)6-3-13(11)10-19(2)15-7-4-12(5-8-15)16(18)20/h3-9H,10H2,1-2H3,(H2,18,20). The molecule has 0 aliphatic heterocycles. The summed E-state index contributed by atoms with van der Waals surface area (Å²) in [7, 11) is 2.00. The lowest BCUT2D eigenvalue weighted by molar-refractivity contribution is 0.625. The van der Waals surface area contributed by atoms with E-state index in [1.165, 1.54) is 6.07 Å². The fourth-order valence-electron chi connectivity index (χ4n) is 2.06. The first-order valence-corrected chi connectivity index (χ1v) is 6.74. The van der Waals surface area contributed by atoms with E-state index in [4.69, 9.17) is 18.0 Å². The SMILES string of the molecule is Cc1cc(F)ccc1CN(C)c1ccc(C(N)=S)cc1. The van der Waals surface area contributed by atoms with Crippen LogP contribution in [0.2, 0.25) is 0 Å². The van der Waals surface area contributed by atoms with Gasteiger partial charge in [-0.3, -0.25) is 0 Å². The molecule has 2 N–H and O–H groups in total. The van der Waals surface area contributed by atoms with Gasteiger partial charge in [0.05, 0.1) is 0 Å². The molecular formula is C16H17FN2S. The smallest absolute Gasteiger partial charge is 0.123 e. The van der Waals surface area contributed by atoms with Gasteiger partial charge in [0.15, 0.2) is 0 Å². The highest BCUT2D eigenvalue weighted by Gasteiger charge is 2.06. The predicted molar refractivity (Wildman–Crippen MR) is 85.6 cm³/mol. The Bertz CT molecular complexity index is 623. The van der Waals surface area contributed by atoms with Crippen LogP contribution in [0, 0.1) is 12.7 Å². The first-order valence-electron chi connectivity index (χ1n) is 6.33. The monoisotopic (exact) mass is 288 g/mol. The maximum atomic E-state index is 13.1. The number of aryl methyl sites for hydroxylation is 1. The summed E-state index contributed by atoms with van der Waals surface area (Å²) in [5, 5.41) is 0. The number of anilines is 1. The fraction of sp³-hybridized carbons (Fsp3) is 0.188. The number of benzene rings is 2. The molecule has 0 aromatic heterocycles. The maximum Gasteiger partial charge on any atom is 0.123 e. The predicted octanol–water partition coefficient (Wildman–Crippen LogP) is 3.40. The third-order valence-electron chi connectivity index (χ3n) is 3.30. The maximum absolute atomic E-state index is 13.1. The zero-order chi connectivity index (χ0) is 14.7. The summed E-state index contributed by atoms with van der Waals surface area (Å²) >= 11 is 4.93. The second-order valence-electron chi connectivity index (χ2n) is 4.84. The molecule has 0 amide bonds. The first kappa shape index (κ1) is 14.5. The lowest BCUT2D eigenvalue weighted by Crippen LogP contribution is -2.17. The largest absolute Gasteiger partial charge is 0.389 e. The summed E-state index contributed by atoms with van der Waals surface area (Å²) in [6.07, 6.45) is 0. The number of nitrogens with zero attached hydrogens (tertiary/aromatic N) is 1. The van der Waals surface area contributed by atoms with Crippen molar-refractivity contribution in [2.75, 3.05) is 11.9 Å². The molecule has 20 heavy (non-hydrogen) atoms. The molecule has 0 atom stereocenters. The van der Waals surface area contributed by atoms with Gasteiger partial charge in [-0.15, -0.1) is 0 Å². The molecule has 0 heterocycles. The first-order chi connectivity index (χ1) is 9.47. The van der Waals surface area contributed by atoms with Crippen LogP contribution in [0.3, 0.4) is 0 Å². The minimum atomic E-state index is -0.199. The van der Waals surface area contributed by atoms with Crippen LogP contribution in [0.1, 0.15) is 16.7 Å². The van der Waals surface area contributed by atoms with E-state index in [0.29, 0.717) is 4.99 Å². The summed E-state index contributed by atoms with van der Waals surface area (Å²) in [5.41, 5.74) is 9.56. The lowest BCUT2D eigenvalue weighted by Gasteiger charge is -2.21. The third-order valence-corrected chi connectivity index (χ3v) is 3.54. The Hall–Kier alpha value is -1.94. The normalized spacial score (nSPS) is 10.3. The fourth-order valence-corrected chi connectivity index (χ4v) is 2.20. The second kappa shape index (κ2) is 6.01. The molecule has 2 aromatic rings. The minimum absolute atomic E-state index is 0.199. The Morgan fingerprint density at radius 1 is 1.20 bits per heavy atom. The van der Waals surface area contributed by atoms with E-state index in [1.54, 1.807) is 6.07 Å². The molecule has 0 aliphatic rings. The van der Waals surface area contributed by atoms with E-state index in [-0.39, 0.29) is 5.82 Å². The van der Waals surface area contributed by atoms with Crippen molar-refractivity contribution >= 4 is 22.9 Å². The molecule has 0 fully saturated rings. The van der Waals surface area contributed by atoms with Gasteiger partial charge in [-0.05, 0) is 54.4 Å². The Labute approximate surface area is 124 Å². The van der Waals surface area contributed by atoms with Crippen LogP contribution in [-0.4, -0.2) is 12.0 Å². The van der Waals surface area contributed by atoms with Gasteiger partial charge < -0.3 is 10.6 Å². The molecule has 0 aliphatic carbocycles. The third kappa shape index (κ3) is 3.33. The molecule has 0 unspecified atom stereocenters. The molecule has 4 heteroatoms. The topological polar surface area (TPSA) is 29.3 Å². The van der Waals surface area contributed by atoms with Crippen molar-refractivity contribution in [2.24, 2.45) is 5.73 Å².